The quantitative estimate of drug-likeness (QED) is 0.523. The minimum atomic E-state index is -0.209. The van der Waals surface area contributed by atoms with Gasteiger partial charge in [0.05, 0.1) is 7.11 Å². The van der Waals surface area contributed by atoms with E-state index >= 15 is 0 Å². The van der Waals surface area contributed by atoms with Gasteiger partial charge in [0, 0.05) is 18.6 Å². The van der Waals surface area contributed by atoms with E-state index in [2.05, 4.69) is 29.2 Å². The van der Waals surface area contributed by atoms with Crippen molar-refractivity contribution in [2.24, 2.45) is 0 Å². The summed E-state index contributed by atoms with van der Waals surface area (Å²) in [4.78, 5) is 11.1. The number of carbonyl (C=O) groups is 1. The Morgan fingerprint density at radius 1 is 1.58 bits per heavy atom. The third kappa shape index (κ3) is 2.19. The molecule has 0 aromatic heterocycles. The van der Waals surface area contributed by atoms with Crippen molar-refractivity contribution in [1.29, 1.82) is 0 Å². The number of carbonyl (C=O) groups excluding carboxylic acids is 1. The largest absolute Gasteiger partial charge is 0.468 e. The summed E-state index contributed by atoms with van der Waals surface area (Å²) in [7, 11) is 1.41. The van der Waals surface area contributed by atoms with Crippen LogP contribution in [0.15, 0.2) is 0 Å². The molecule has 1 unspecified atom stereocenters. The van der Waals surface area contributed by atoms with Crippen molar-refractivity contribution in [1.82, 2.24) is 10.6 Å². The van der Waals surface area contributed by atoms with E-state index in [-0.39, 0.29) is 17.6 Å². The minimum absolute atomic E-state index is 0.0306. The van der Waals surface area contributed by atoms with Crippen molar-refractivity contribution >= 4 is 5.97 Å². The topological polar surface area (TPSA) is 50.4 Å². The fourth-order valence-electron chi connectivity index (χ4n) is 1.39. The Balaban J connectivity index is 2.52. The molecular weight excluding hydrogens is 156 g/mol. The van der Waals surface area contributed by atoms with Crippen LogP contribution >= 0.6 is 0 Å². The van der Waals surface area contributed by atoms with Gasteiger partial charge in [0.15, 0.2) is 0 Å². The zero-order valence-electron chi connectivity index (χ0n) is 7.81. The van der Waals surface area contributed by atoms with E-state index in [1.807, 2.05) is 0 Å². The molecule has 0 aromatic rings. The Morgan fingerprint density at radius 3 is 2.75 bits per heavy atom. The zero-order chi connectivity index (χ0) is 9.19. The molecule has 1 atom stereocenters. The fraction of sp³-hybridized carbons (Fsp3) is 0.875. The van der Waals surface area contributed by atoms with Crippen LogP contribution in [0.4, 0.5) is 0 Å². The highest BCUT2D eigenvalue weighted by Gasteiger charge is 2.31. The van der Waals surface area contributed by atoms with Crippen LogP contribution in [-0.2, 0) is 9.53 Å². The van der Waals surface area contributed by atoms with Gasteiger partial charge in [-0.3, -0.25) is 10.1 Å². The van der Waals surface area contributed by atoms with Gasteiger partial charge >= 0.3 is 5.97 Å². The lowest BCUT2D eigenvalue weighted by atomic mass is 10.0. The van der Waals surface area contributed by atoms with Gasteiger partial charge in [0.2, 0.25) is 0 Å². The smallest absolute Gasteiger partial charge is 0.324 e. The number of nitrogens with one attached hydrogen (secondary N) is 2. The molecule has 1 aliphatic heterocycles. The first kappa shape index (κ1) is 9.48. The Morgan fingerprint density at radius 2 is 2.25 bits per heavy atom. The summed E-state index contributed by atoms with van der Waals surface area (Å²) in [6, 6.07) is -0.209. The molecule has 1 saturated heterocycles. The number of esters is 1. The summed E-state index contributed by atoms with van der Waals surface area (Å²) in [5.74, 6) is -0.199. The van der Waals surface area contributed by atoms with Crippen LogP contribution in [0.3, 0.4) is 0 Å². The maximum Gasteiger partial charge on any atom is 0.324 e. The van der Waals surface area contributed by atoms with E-state index in [4.69, 9.17) is 0 Å². The predicted molar refractivity (Wildman–Crippen MR) is 45.9 cm³/mol. The number of hydrogen-bond acceptors (Lipinski definition) is 4. The highest BCUT2D eigenvalue weighted by molar-refractivity contribution is 5.76. The van der Waals surface area contributed by atoms with Gasteiger partial charge in [-0.15, -0.1) is 0 Å². The Hall–Kier alpha value is -0.610. The van der Waals surface area contributed by atoms with Crippen molar-refractivity contribution in [2.45, 2.75) is 25.4 Å². The van der Waals surface area contributed by atoms with Gasteiger partial charge in [-0.2, -0.15) is 0 Å². The molecule has 0 aromatic carbocycles. The van der Waals surface area contributed by atoms with E-state index in [9.17, 15) is 4.79 Å². The molecule has 1 heterocycles. The van der Waals surface area contributed by atoms with Crippen LogP contribution in [0.1, 0.15) is 13.8 Å². The monoisotopic (exact) mass is 172 g/mol. The van der Waals surface area contributed by atoms with Crippen LogP contribution in [0.5, 0.6) is 0 Å². The lowest BCUT2D eigenvalue weighted by molar-refractivity contribution is -0.144. The van der Waals surface area contributed by atoms with Crippen LogP contribution in [-0.4, -0.2) is 37.7 Å². The Labute approximate surface area is 72.7 Å². The highest BCUT2D eigenvalue weighted by atomic mass is 16.5. The number of rotatable bonds is 1. The summed E-state index contributed by atoms with van der Waals surface area (Å²) in [6.07, 6.45) is 0. The Kier molecular flexibility index (Phi) is 2.69. The van der Waals surface area contributed by atoms with Crippen LogP contribution < -0.4 is 10.6 Å². The second-order valence-corrected chi connectivity index (χ2v) is 3.73. The number of methoxy groups -OCH3 is 1. The molecule has 70 valence electrons. The van der Waals surface area contributed by atoms with E-state index < -0.39 is 0 Å². The molecular formula is C8H16N2O2. The standard InChI is InChI=1S/C8H16N2O2/c1-8(2)5-9-4-6(10-8)7(11)12-3/h6,9-10H,4-5H2,1-3H3. The molecule has 0 bridgehead atoms. The summed E-state index contributed by atoms with van der Waals surface area (Å²) in [5, 5.41) is 6.38. The molecule has 0 radical (unpaired) electrons. The molecule has 1 aliphatic rings. The number of piperazine rings is 1. The summed E-state index contributed by atoms with van der Waals surface area (Å²) >= 11 is 0. The van der Waals surface area contributed by atoms with Crippen LogP contribution in [0.25, 0.3) is 0 Å². The maximum atomic E-state index is 11.1. The van der Waals surface area contributed by atoms with Gasteiger partial charge < -0.3 is 10.1 Å². The molecule has 4 heteroatoms. The van der Waals surface area contributed by atoms with Gasteiger partial charge in [-0.25, -0.2) is 0 Å². The third-order valence-corrected chi connectivity index (χ3v) is 1.97. The summed E-state index contributed by atoms with van der Waals surface area (Å²) in [6.45, 7) is 5.63. The zero-order valence-corrected chi connectivity index (χ0v) is 7.81. The van der Waals surface area contributed by atoms with E-state index in [0.717, 1.165) is 6.54 Å². The average molecular weight is 172 g/mol. The predicted octanol–water partition coefficient (Wildman–Crippen LogP) is -0.501. The molecule has 1 rings (SSSR count). The van der Waals surface area contributed by atoms with Gasteiger partial charge in [-0.1, -0.05) is 0 Å². The van der Waals surface area contributed by atoms with Gasteiger partial charge in [-0.05, 0) is 13.8 Å². The first-order chi connectivity index (χ1) is 5.55. The van der Waals surface area contributed by atoms with Crippen LogP contribution in [0.2, 0.25) is 0 Å². The molecule has 2 N–H and O–H groups in total. The van der Waals surface area contributed by atoms with Crippen molar-refractivity contribution < 1.29 is 9.53 Å². The summed E-state index contributed by atoms with van der Waals surface area (Å²) in [5.41, 5.74) is -0.0306. The van der Waals surface area contributed by atoms with Gasteiger partial charge in [0.1, 0.15) is 6.04 Å². The van der Waals surface area contributed by atoms with Gasteiger partial charge in [0.25, 0.3) is 0 Å². The molecule has 1 fully saturated rings. The molecule has 0 saturated carbocycles. The van der Waals surface area contributed by atoms with Crippen molar-refractivity contribution in [3.63, 3.8) is 0 Å². The molecule has 0 spiro atoms. The lowest BCUT2D eigenvalue weighted by Gasteiger charge is -2.36. The fourth-order valence-corrected chi connectivity index (χ4v) is 1.39. The second-order valence-electron chi connectivity index (χ2n) is 3.73. The van der Waals surface area contributed by atoms with Crippen molar-refractivity contribution in [2.75, 3.05) is 20.2 Å². The second kappa shape index (κ2) is 3.41. The normalized spacial score (nSPS) is 28.1. The van der Waals surface area contributed by atoms with E-state index in [0.29, 0.717) is 6.54 Å². The SMILES string of the molecule is COC(=O)C1CNCC(C)(C)N1. The molecule has 12 heavy (non-hydrogen) atoms. The van der Waals surface area contributed by atoms with E-state index in [1.54, 1.807) is 0 Å². The van der Waals surface area contributed by atoms with Crippen molar-refractivity contribution in [3.8, 4) is 0 Å². The first-order valence-electron chi connectivity index (χ1n) is 4.11. The van der Waals surface area contributed by atoms with Crippen molar-refractivity contribution in [3.05, 3.63) is 0 Å². The molecule has 0 aliphatic carbocycles. The maximum absolute atomic E-state index is 11.1. The average Bonchev–Trinajstić information content (AvgIpc) is 2.01. The van der Waals surface area contributed by atoms with Crippen LogP contribution in [0, 0.1) is 0 Å². The lowest BCUT2D eigenvalue weighted by Crippen LogP contribution is -2.63. The summed E-state index contributed by atoms with van der Waals surface area (Å²) < 4.78 is 4.64. The minimum Gasteiger partial charge on any atom is -0.468 e. The molecule has 0 amide bonds. The number of hydrogen-bond donors (Lipinski definition) is 2. The first-order valence-corrected chi connectivity index (χ1v) is 4.11. The van der Waals surface area contributed by atoms with E-state index in [1.165, 1.54) is 7.11 Å². The highest BCUT2D eigenvalue weighted by Crippen LogP contribution is 2.06. The molecule has 4 nitrogen and oxygen atoms in total. The number of ether oxygens (including phenoxy) is 1. The third-order valence-electron chi connectivity index (χ3n) is 1.97. The Bertz CT molecular complexity index is 180.